The number of hydrogen-bond donors (Lipinski definition) is 2. The first-order chi connectivity index (χ1) is 10.0. The maximum absolute atomic E-state index is 12.0. The summed E-state index contributed by atoms with van der Waals surface area (Å²) in [5, 5.41) is 19.2. The first kappa shape index (κ1) is 14.7. The molecule has 0 aliphatic rings. The molecule has 0 spiro atoms. The second kappa shape index (κ2) is 6.17. The first-order valence-corrected chi connectivity index (χ1v) is 6.49. The highest BCUT2D eigenvalue weighted by Crippen LogP contribution is 2.11. The number of carboxylic acid groups (broad SMARTS) is 1. The van der Waals surface area contributed by atoms with E-state index < -0.39 is 17.8 Å². The van der Waals surface area contributed by atoms with E-state index in [1.807, 2.05) is 30.3 Å². The molecule has 0 radical (unpaired) electrons. The molecule has 21 heavy (non-hydrogen) atoms. The molecule has 1 heterocycles. The van der Waals surface area contributed by atoms with Gasteiger partial charge >= 0.3 is 5.97 Å². The summed E-state index contributed by atoms with van der Waals surface area (Å²) in [6, 6.07) is 9.33. The van der Waals surface area contributed by atoms with Crippen LogP contribution in [0.4, 0.5) is 0 Å². The average molecular weight is 288 g/mol. The standard InChI is InChI=1S/C14H16N4O3/c1-9(14(20)21)8-15-13(19)12-10(2)18(17-16-12)11-6-4-3-5-7-11/h3-7,9H,8H2,1-2H3,(H,15,19)(H,20,21). The Balaban J connectivity index is 2.13. The fraction of sp³-hybridized carbons (Fsp3) is 0.286. The van der Waals surface area contributed by atoms with E-state index in [-0.39, 0.29) is 12.2 Å². The molecule has 0 aliphatic heterocycles. The van der Waals surface area contributed by atoms with E-state index in [2.05, 4.69) is 15.6 Å². The topological polar surface area (TPSA) is 97.1 Å². The van der Waals surface area contributed by atoms with Gasteiger partial charge in [0.05, 0.1) is 17.3 Å². The van der Waals surface area contributed by atoms with Gasteiger partial charge in [-0.3, -0.25) is 9.59 Å². The van der Waals surface area contributed by atoms with Crippen molar-refractivity contribution in [2.24, 2.45) is 5.92 Å². The Kier molecular flexibility index (Phi) is 4.32. The van der Waals surface area contributed by atoms with E-state index in [1.165, 1.54) is 6.92 Å². The average Bonchev–Trinajstić information content (AvgIpc) is 2.87. The number of aliphatic carboxylic acids is 1. The lowest BCUT2D eigenvalue weighted by molar-refractivity contribution is -0.140. The molecule has 7 nitrogen and oxygen atoms in total. The molecule has 0 bridgehead atoms. The summed E-state index contributed by atoms with van der Waals surface area (Å²) < 4.78 is 1.57. The van der Waals surface area contributed by atoms with Gasteiger partial charge in [-0.05, 0) is 19.1 Å². The summed E-state index contributed by atoms with van der Waals surface area (Å²) >= 11 is 0. The monoisotopic (exact) mass is 288 g/mol. The van der Waals surface area contributed by atoms with Gasteiger partial charge in [-0.25, -0.2) is 4.68 Å². The zero-order chi connectivity index (χ0) is 15.4. The highest BCUT2D eigenvalue weighted by molar-refractivity contribution is 5.93. The number of carbonyl (C=O) groups is 2. The van der Waals surface area contributed by atoms with Gasteiger partial charge in [0.15, 0.2) is 5.69 Å². The third kappa shape index (κ3) is 3.25. The van der Waals surface area contributed by atoms with Gasteiger partial charge in [0.2, 0.25) is 0 Å². The summed E-state index contributed by atoms with van der Waals surface area (Å²) in [6.45, 7) is 3.31. The normalized spacial score (nSPS) is 11.9. The Labute approximate surface area is 121 Å². The number of benzene rings is 1. The predicted molar refractivity (Wildman–Crippen MR) is 75.2 cm³/mol. The van der Waals surface area contributed by atoms with Crippen molar-refractivity contribution in [3.8, 4) is 5.69 Å². The second-order valence-corrected chi connectivity index (χ2v) is 4.72. The zero-order valence-corrected chi connectivity index (χ0v) is 11.8. The Morgan fingerprint density at radius 1 is 1.33 bits per heavy atom. The Bertz CT molecular complexity index is 651. The highest BCUT2D eigenvalue weighted by Gasteiger charge is 2.19. The Morgan fingerprint density at radius 2 is 2.00 bits per heavy atom. The molecule has 1 atom stereocenters. The number of rotatable bonds is 5. The SMILES string of the molecule is Cc1c(C(=O)NCC(C)C(=O)O)nnn1-c1ccccc1. The van der Waals surface area contributed by atoms with Crippen LogP contribution in [0.3, 0.4) is 0 Å². The predicted octanol–water partition coefficient (Wildman–Crippen LogP) is 1.03. The van der Waals surface area contributed by atoms with Crippen molar-refractivity contribution < 1.29 is 14.7 Å². The number of hydrogen-bond acceptors (Lipinski definition) is 4. The summed E-state index contributed by atoms with van der Waals surface area (Å²) in [6.07, 6.45) is 0. The lowest BCUT2D eigenvalue weighted by Crippen LogP contribution is -2.32. The number of nitrogens with zero attached hydrogens (tertiary/aromatic N) is 3. The van der Waals surface area contributed by atoms with Crippen molar-refractivity contribution in [2.75, 3.05) is 6.54 Å². The molecule has 0 saturated heterocycles. The Morgan fingerprint density at radius 3 is 2.62 bits per heavy atom. The molecule has 1 aromatic heterocycles. The van der Waals surface area contributed by atoms with E-state index in [1.54, 1.807) is 11.6 Å². The molecule has 1 amide bonds. The molecule has 2 aromatic rings. The molecule has 0 saturated carbocycles. The van der Waals surface area contributed by atoms with E-state index in [9.17, 15) is 9.59 Å². The molecular formula is C14H16N4O3. The number of para-hydroxylation sites is 1. The minimum atomic E-state index is -0.958. The maximum atomic E-state index is 12.0. The first-order valence-electron chi connectivity index (χ1n) is 6.49. The van der Waals surface area contributed by atoms with Crippen LogP contribution in [-0.2, 0) is 4.79 Å². The van der Waals surface area contributed by atoms with E-state index in [0.717, 1.165) is 5.69 Å². The summed E-state index contributed by atoms with van der Waals surface area (Å²) in [7, 11) is 0. The molecule has 1 unspecified atom stereocenters. The number of aromatic nitrogens is 3. The number of nitrogens with one attached hydrogen (secondary N) is 1. The minimum Gasteiger partial charge on any atom is -0.481 e. The third-order valence-corrected chi connectivity index (χ3v) is 3.10. The summed E-state index contributed by atoms with van der Waals surface area (Å²) in [5.74, 6) is -2.04. The fourth-order valence-corrected chi connectivity index (χ4v) is 1.77. The lowest BCUT2D eigenvalue weighted by atomic mass is 10.2. The van der Waals surface area contributed by atoms with Crippen molar-refractivity contribution in [2.45, 2.75) is 13.8 Å². The lowest BCUT2D eigenvalue weighted by Gasteiger charge is -2.07. The fourth-order valence-electron chi connectivity index (χ4n) is 1.77. The number of amides is 1. The number of carbonyl (C=O) groups excluding carboxylic acids is 1. The third-order valence-electron chi connectivity index (χ3n) is 3.10. The van der Waals surface area contributed by atoms with Crippen molar-refractivity contribution in [1.82, 2.24) is 20.3 Å². The molecule has 2 rings (SSSR count). The quantitative estimate of drug-likeness (QED) is 0.856. The molecule has 1 aromatic carbocycles. The molecular weight excluding hydrogens is 272 g/mol. The van der Waals surface area contributed by atoms with Crippen LogP contribution >= 0.6 is 0 Å². The van der Waals surface area contributed by atoms with E-state index in [4.69, 9.17) is 5.11 Å². The number of carboxylic acids is 1. The highest BCUT2D eigenvalue weighted by atomic mass is 16.4. The molecule has 0 fully saturated rings. The van der Waals surface area contributed by atoms with Gasteiger partial charge in [0.25, 0.3) is 5.91 Å². The van der Waals surface area contributed by atoms with Gasteiger partial charge in [0.1, 0.15) is 0 Å². The largest absolute Gasteiger partial charge is 0.481 e. The maximum Gasteiger partial charge on any atom is 0.308 e. The Hall–Kier alpha value is -2.70. The van der Waals surface area contributed by atoms with E-state index in [0.29, 0.717) is 5.69 Å². The van der Waals surface area contributed by atoms with Crippen molar-refractivity contribution in [3.05, 3.63) is 41.7 Å². The van der Waals surface area contributed by atoms with Crippen molar-refractivity contribution in [1.29, 1.82) is 0 Å². The van der Waals surface area contributed by atoms with Crippen LogP contribution in [0.25, 0.3) is 5.69 Å². The molecule has 2 N–H and O–H groups in total. The minimum absolute atomic E-state index is 0.0474. The van der Waals surface area contributed by atoms with E-state index >= 15 is 0 Å². The van der Waals surface area contributed by atoms with Crippen molar-refractivity contribution >= 4 is 11.9 Å². The van der Waals surface area contributed by atoms with Crippen LogP contribution in [-0.4, -0.2) is 38.5 Å². The summed E-state index contributed by atoms with van der Waals surface area (Å²) in [4.78, 5) is 22.7. The van der Waals surface area contributed by atoms with Crippen LogP contribution in [0.15, 0.2) is 30.3 Å². The van der Waals surface area contributed by atoms with Gasteiger partial charge in [-0.15, -0.1) is 5.10 Å². The van der Waals surface area contributed by atoms with Gasteiger partial charge in [-0.2, -0.15) is 0 Å². The van der Waals surface area contributed by atoms with Crippen LogP contribution < -0.4 is 5.32 Å². The van der Waals surface area contributed by atoms with Crippen LogP contribution in [0, 0.1) is 12.8 Å². The van der Waals surface area contributed by atoms with Crippen LogP contribution in [0.5, 0.6) is 0 Å². The second-order valence-electron chi connectivity index (χ2n) is 4.72. The van der Waals surface area contributed by atoms with Gasteiger partial charge in [0, 0.05) is 6.54 Å². The molecule has 7 heteroatoms. The molecule has 0 aliphatic carbocycles. The van der Waals surface area contributed by atoms with Crippen molar-refractivity contribution in [3.63, 3.8) is 0 Å². The molecule has 110 valence electrons. The van der Waals surface area contributed by atoms with Gasteiger partial charge in [-0.1, -0.05) is 30.3 Å². The smallest absolute Gasteiger partial charge is 0.308 e. The zero-order valence-electron chi connectivity index (χ0n) is 11.8. The van der Waals surface area contributed by atoms with Crippen LogP contribution in [0.1, 0.15) is 23.1 Å². The summed E-state index contributed by atoms with van der Waals surface area (Å²) in [5.41, 5.74) is 1.60. The van der Waals surface area contributed by atoms with Gasteiger partial charge < -0.3 is 10.4 Å². The van der Waals surface area contributed by atoms with Crippen LogP contribution in [0.2, 0.25) is 0 Å².